The zero-order chi connectivity index (χ0) is 15.4. The van der Waals surface area contributed by atoms with Crippen LogP contribution in [0, 0.1) is 23.0 Å². The number of benzene rings is 1. The number of aromatic nitrogens is 1. The number of nitriles is 1. The molecule has 21 heavy (non-hydrogen) atoms. The molecule has 0 amide bonds. The van der Waals surface area contributed by atoms with Crippen molar-refractivity contribution >= 4 is 5.82 Å². The Morgan fingerprint density at radius 3 is 2.57 bits per heavy atom. The maximum absolute atomic E-state index is 13.7. The molecule has 5 nitrogen and oxygen atoms in total. The second-order valence-corrected chi connectivity index (χ2v) is 3.94. The molecular weight excluding hydrogens is 280 g/mol. The van der Waals surface area contributed by atoms with Gasteiger partial charge in [-0.25, -0.2) is 8.78 Å². The molecule has 7 heteroatoms. The molecule has 0 aliphatic heterocycles. The number of hydrogen-bond acceptors (Lipinski definition) is 5. The van der Waals surface area contributed by atoms with Gasteiger partial charge in [0, 0.05) is 19.2 Å². The van der Waals surface area contributed by atoms with E-state index in [9.17, 15) is 8.78 Å². The largest absolute Gasteiger partial charge is 0.493 e. The lowest BCUT2D eigenvalue weighted by Gasteiger charge is -2.11. The first-order valence-electron chi connectivity index (χ1n) is 5.88. The zero-order valence-electron chi connectivity index (χ0n) is 11.3. The van der Waals surface area contributed by atoms with Gasteiger partial charge >= 0.3 is 0 Å². The fourth-order valence-corrected chi connectivity index (χ4v) is 1.62. The molecule has 108 valence electrons. The van der Waals surface area contributed by atoms with E-state index in [1.807, 2.05) is 6.07 Å². The zero-order valence-corrected chi connectivity index (χ0v) is 11.3. The van der Waals surface area contributed by atoms with Crippen molar-refractivity contribution in [2.45, 2.75) is 0 Å². The van der Waals surface area contributed by atoms with Crippen molar-refractivity contribution in [3.63, 3.8) is 0 Å². The molecule has 0 fully saturated rings. The molecule has 0 aliphatic rings. The van der Waals surface area contributed by atoms with Crippen LogP contribution in [0.3, 0.4) is 0 Å². The second kappa shape index (κ2) is 6.05. The van der Waals surface area contributed by atoms with Crippen molar-refractivity contribution in [1.82, 2.24) is 4.98 Å². The minimum Gasteiger partial charge on any atom is -0.493 e. The number of anilines is 1. The Hall–Kier alpha value is -2.88. The van der Waals surface area contributed by atoms with Crippen LogP contribution in [-0.2, 0) is 0 Å². The van der Waals surface area contributed by atoms with Gasteiger partial charge in [0.25, 0.3) is 5.88 Å². The molecule has 0 unspecified atom stereocenters. The summed E-state index contributed by atoms with van der Waals surface area (Å²) in [5, 5.41) is 11.3. The molecule has 0 atom stereocenters. The van der Waals surface area contributed by atoms with E-state index in [2.05, 4.69) is 10.3 Å². The van der Waals surface area contributed by atoms with Crippen molar-refractivity contribution in [1.29, 1.82) is 5.26 Å². The lowest BCUT2D eigenvalue weighted by molar-refractivity contribution is 0.362. The predicted octanol–water partition coefficient (Wildman–Crippen LogP) is 3.07. The number of rotatable bonds is 4. The van der Waals surface area contributed by atoms with Crippen molar-refractivity contribution in [3.05, 3.63) is 41.5 Å². The fraction of sp³-hybridized carbons (Fsp3) is 0.143. The molecule has 1 heterocycles. The number of hydrogen-bond donors (Lipinski definition) is 1. The second-order valence-electron chi connectivity index (χ2n) is 3.94. The quantitative estimate of drug-likeness (QED) is 0.937. The van der Waals surface area contributed by atoms with Gasteiger partial charge in [0.05, 0.1) is 18.7 Å². The first-order chi connectivity index (χ1) is 10.1. The SMILES string of the molecule is CNc1nc(Oc2ccc(C#N)cc2OC)c(F)cc1F. The first kappa shape index (κ1) is 14.5. The molecule has 1 N–H and O–H groups in total. The van der Waals surface area contributed by atoms with E-state index in [4.69, 9.17) is 14.7 Å². The first-order valence-corrected chi connectivity index (χ1v) is 5.88. The Labute approximate surface area is 119 Å². The Morgan fingerprint density at radius 1 is 1.19 bits per heavy atom. The van der Waals surface area contributed by atoms with Crippen molar-refractivity contribution in [3.8, 4) is 23.4 Å². The van der Waals surface area contributed by atoms with Gasteiger partial charge in [-0.15, -0.1) is 0 Å². The summed E-state index contributed by atoms with van der Waals surface area (Å²) in [6, 6.07) is 6.99. The summed E-state index contributed by atoms with van der Waals surface area (Å²) in [4.78, 5) is 3.70. The number of methoxy groups -OCH3 is 1. The highest BCUT2D eigenvalue weighted by Crippen LogP contribution is 2.33. The van der Waals surface area contributed by atoms with E-state index in [0.717, 1.165) is 0 Å². The lowest BCUT2D eigenvalue weighted by atomic mass is 10.2. The molecule has 0 radical (unpaired) electrons. The van der Waals surface area contributed by atoms with E-state index in [1.54, 1.807) is 0 Å². The van der Waals surface area contributed by atoms with Gasteiger partial charge in [-0.1, -0.05) is 0 Å². The molecule has 0 spiro atoms. The highest BCUT2D eigenvalue weighted by molar-refractivity contribution is 5.48. The third-order valence-corrected chi connectivity index (χ3v) is 2.63. The van der Waals surface area contributed by atoms with Gasteiger partial charge in [-0.2, -0.15) is 10.2 Å². The fourth-order valence-electron chi connectivity index (χ4n) is 1.62. The average molecular weight is 291 g/mol. The van der Waals surface area contributed by atoms with Crippen molar-refractivity contribution in [2.24, 2.45) is 0 Å². The number of ether oxygens (including phenoxy) is 2. The summed E-state index contributed by atoms with van der Waals surface area (Å²) in [6.07, 6.45) is 0. The standard InChI is InChI=1S/C14H11F2N3O2/c1-18-13-9(15)6-10(16)14(19-13)21-11-4-3-8(7-17)5-12(11)20-2/h3-6H,1-2H3,(H,18,19). The smallest absolute Gasteiger partial charge is 0.258 e. The van der Waals surface area contributed by atoms with Crippen LogP contribution in [0.2, 0.25) is 0 Å². The molecule has 2 aromatic rings. The molecule has 0 aliphatic carbocycles. The molecule has 2 rings (SSSR count). The minimum atomic E-state index is -0.946. The normalized spacial score (nSPS) is 9.86. The van der Waals surface area contributed by atoms with E-state index in [0.29, 0.717) is 11.6 Å². The summed E-state index contributed by atoms with van der Waals surface area (Å²) in [5.41, 5.74) is 0.364. The van der Waals surface area contributed by atoms with Crippen molar-refractivity contribution in [2.75, 3.05) is 19.5 Å². The third-order valence-electron chi connectivity index (χ3n) is 2.63. The summed E-state index contributed by atoms with van der Waals surface area (Å²) in [7, 11) is 2.84. The lowest BCUT2D eigenvalue weighted by Crippen LogP contribution is -2.01. The summed E-state index contributed by atoms with van der Waals surface area (Å²) in [6.45, 7) is 0. The van der Waals surface area contributed by atoms with Gasteiger partial charge in [0.15, 0.2) is 29.0 Å². The highest BCUT2D eigenvalue weighted by atomic mass is 19.1. The van der Waals surface area contributed by atoms with E-state index >= 15 is 0 Å². The average Bonchev–Trinajstić information content (AvgIpc) is 2.50. The van der Waals surface area contributed by atoms with Crippen molar-refractivity contribution < 1.29 is 18.3 Å². The van der Waals surface area contributed by atoms with Gasteiger partial charge < -0.3 is 14.8 Å². The predicted molar refractivity (Wildman–Crippen MR) is 71.5 cm³/mol. The molecule has 0 saturated carbocycles. The van der Waals surface area contributed by atoms with Crippen LogP contribution in [0.25, 0.3) is 0 Å². The van der Waals surface area contributed by atoms with E-state index in [-0.39, 0.29) is 17.3 Å². The van der Waals surface area contributed by atoms with Gasteiger partial charge in [-0.05, 0) is 12.1 Å². The monoisotopic (exact) mass is 291 g/mol. The van der Waals surface area contributed by atoms with Crippen LogP contribution in [0.4, 0.5) is 14.6 Å². The van der Waals surface area contributed by atoms with E-state index in [1.165, 1.54) is 32.4 Å². The van der Waals surface area contributed by atoms with Crippen LogP contribution in [0.15, 0.2) is 24.3 Å². The number of halogens is 2. The minimum absolute atomic E-state index is 0.140. The Bertz CT molecular complexity index is 714. The summed E-state index contributed by atoms with van der Waals surface area (Å²) < 4.78 is 37.4. The maximum atomic E-state index is 13.7. The van der Waals surface area contributed by atoms with Gasteiger partial charge in [0.2, 0.25) is 0 Å². The van der Waals surface area contributed by atoms with Crippen LogP contribution < -0.4 is 14.8 Å². The highest BCUT2D eigenvalue weighted by Gasteiger charge is 2.15. The Morgan fingerprint density at radius 2 is 1.95 bits per heavy atom. The van der Waals surface area contributed by atoms with Crippen LogP contribution in [0.1, 0.15) is 5.56 Å². The molecular formula is C14H11F2N3O2. The third kappa shape index (κ3) is 3.00. The van der Waals surface area contributed by atoms with Crippen LogP contribution in [0.5, 0.6) is 17.4 Å². The Kier molecular flexibility index (Phi) is 4.18. The number of nitrogens with zero attached hydrogens (tertiary/aromatic N) is 2. The maximum Gasteiger partial charge on any atom is 0.258 e. The van der Waals surface area contributed by atoms with Crippen LogP contribution >= 0.6 is 0 Å². The number of nitrogens with one attached hydrogen (secondary N) is 1. The summed E-state index contributed by atoms with van der Waals surface area (Å²) in [5.74, 6) is -1.91. The van der Waals surface area contributed by atoms with Gasteiger partial charge in [-0.3, -0.25) is 0 Å². The molecule has 1 aromatic heterocycles. The van der Waals surface area contributed by atoms with Crippen LogP contribution in [-0.4, -0.2) is 19.1 Å². The van der Waals surface area contributed by atoms with Gasteiger partial charge in [0.1, 0.15) is 0 Å². The Balaban J connectivity index is 2.41. The molecule has 0 saturated heterocycles. The molecule has 1 aromatic carbocycles. The molecule has 0 bridgehead atoms. The topological polar surface area (TPSA) is 67.2 Å². The number of pyridine rings is 1. The summed E-state index contributed by atoms with van der Waals surface area (Å²) >= 11 is 0. The van der Waals surface area contributed by atoms with E-state index < -0.39 is 17.5 Å².